The van der Waals surface area contributed by atoms with E-state index in [-0.39, 0.29) is 6.04 Å². The summed E-state index contributed by atoms with van der Waals surface area (Å²) < 4.78 is 5.01. The Labute approximate surface area is 109 Å². The second-order valence-electron chi connectivity index (χ2n) is 6.65. The number of hydrogen-bond donors (Lipinski definition) is 1. The molecule has 1 aliphatic rings. The van der Waals surface area contributed by atoms with E-state index in [0.717, 1.165) is 25.8 Å². The third-order valence-electron chi connectivity index (χ3n) is 3.51. The molecular formula is C14H25NO3. The molecule has 0 bridgehead atoms. The highest BCUT2D eigenvalue weighted by Crippen LogP contribution is 2.29. The molecule has 18 heavy (non-hydrogen) atoms. The molecule has 0 radical (unpaired) electrons. The van der Waals surface area contributed by atoms with Gasteiger partial charge in [0.1, 0.15) is 0 Å². The minimum atomic E-state index is -0.665. The summed E-state index contributed by atoms with van der Waals surface area (Å²) in [5, 5.41) is 3.34. The molecule has 1 atom stereocenters. The Kier molecular flexibility index (Phi) is 4.54. The maximum atomic E-state index is 12.1. The summed E-state index contributed by atoms with van der Waals surface area (Å²) in [5.41, 5.74) is -1.31. The average Bonchev–Trinajstić information content (AvgIpc) is 2.28. The highest BCUT2D eigenvalue weighted by molar-refractivity contribution is 5.91. The van der Waals surface area contributed by atoms with Crippen molar-refractivity contribution in [1.29, 1.82) is 0 Å². The van der Waals surface area contributed by atoms with E-state index in [1.54, 1.807) is 20.8 Å². The van der Waals surface area contributed by atoms with Gasteiger partial charge >= 0.3 is 11.9 Å². The number of ether oxygens (including phenoxy) is 1. The smallest absolute Gasteiger partial charge is 0.320 e. The van der Waals surface area contributed by atoms with Crippen LogP contribution in [0.2, 0.25) is 0 Å². The first kappa shape index (κ1) is 15.2. The summed E-state index contributed by atoms with van der Waals surface area (Å²) in [6.45, 7) is 9.84. The maximum absolute atomic E-state index is 12.1. The fourth-order valence-electron chi connectivity index (χ4n) is 1.98. The van der Waals surface area contributed by atoms with Crippen molar-refractivity contribution in [1.82, 2.24) is 5.32 Å². The summed E-state index contributed by atoms with van der Waals surface area (Å²) in [6.07, 6.45) is 3.20. The number of hydrogen-bond acceptors (Lipinski definition) is 4. The molecule has 1 N–H and O–H groups in total. The highest BCUT2D eigenvalue weighted by Gasteiger charge is 2.41. The molecule has 1 fully saturated rings. The number of carbonyl (C=O) groups excluding carboxylic acids is 2. The van der Waals surface area contributed by atoms with Crippen molar-refractivity contribution in [2.24, 2.45) is 10.8 Å². The number of carbonyl (C=O) groups is 2. The third kappa shape index (κ3) is 3.55. The molecule has 104 valence electrons. The number of rotatable bonds is 2. The van der Waals surface area contributed by atoms with Gasteiger partial charge in [0, 0.05) is 6.04 Å². The normalized spacial score (nSPS) is 21.5. The van der Waals surface area contributed by atoms with Crippen LogP contribution in [0.25, 0.3) is 0 Å². The molecule has 0 unspecified atom stereocenters. The number of piperidine rings is 1. The van der Waals surface area contributed by atoms with Crippen molar-refractivity contribution in [3.63, 3.8) is 0 Å². The zero-order valence-electron chi connectivity index (χ0n) is 12.1. The Morgan fingerprint density at radius 1 is 1.06 bits per heavy atom. The first-order valence-corrected chi connectivity index (χ1v) is 6.66. The van der Waals surface area contributed by atoms with Crippen molar-refractivity contribution in [2.45, 2.75) is 59.9 Å². The fraction of sp³-hybridized carbons (Fsp3) is 0.857. The average molecular weight is 255 g/mol. The molecule has 0 aromatic heterocycles. The van der Waals surface area contributed by atoms with Gasteiger partial charge in [-0.2, -0.15) is 0 Å². The molecule has 0 spiro atoms. The van der Waals surface area contributed by atoms with E-state index in [9.17, 15) is 9.59 Å². The third-order valence-corrected chi connectivity index (χ3v) is 3.51. The van der Waals surface area contributed by atoms with Crippen molar-refractivity contribution < 1.29 is 14.3 Å². The molecule has 4 nitrogen and oxygen atoms in total. The largest absolute Gasteiger partial charge is 0.392 e. The van der Waals surface area contributed by atoms with Crippen molar-refractivity contribution in [3.05, 3.63) is 0 Å². The van der Waals surface area contributed by atoms with E-state index in [4.69, 9.17) is 4.74 Å². The summed E-state index contributed by atoms with van der Waals surface area (Å²) in [5.74, 6) is -0.891. The van der Waals surface area contributed by atoms with Crippen molar-refractivity contribution >= 4 is 11.9 Å². The Hall–Kier alpha value is -0.900. The summed E-state index contributed by atoms with van der Waals surface area (Å²) in [6, 6.07) is 0.0894. The zero-order valence-corrected chi connectivity index (χ0v) is 12.1. The molecule has 4 heteroatoms. The summed E-state index contributed by atoms with van der Waals surface area (Å²) >= 11 is 0. The Morgan fingerprint density at radius 2 is 1.67 bits per heavy atom. The Bertz CT molecular complexity index is 322. The molecule has 0 aromatic rings. The second kappa shape index (κ2) is 5.39. The standard InChI is InChI=1S/C14H25NO3/c1-13(2,3)11(16)18-12(17)14(4,5)10-8-6-7-9-15-10/h10,15H,6-9H2,1-5H3/t10-/m0/s1. The molecule has 0 saturated carbocycles. The van der Waals surface area contributed by atoms with Gasteiger partial charge in [0.15, 0.2) is 0 Å². The quantitative estimate of drug-likeness (QED) is 0.607. The molecule has 0 aliphatic carbocycles. The van der Waals surface area contributed by atoms with Gasteiger partial charge in [0.2, 0.25) is 0 Å². The van der Waals surface area contributed by atoms with Crippen LogP contribution < -0.4 is 5.32 Å². The van der Waals surface area contributed by atoms with Gasteiger partial charge in [-0.1, -0.05) is 6.42 Å². The van der Waals surface area contributed by atoms with E-state index in [0.29, 0.717) is 0 Å². The SMILES string of the molecule is CC(C)(C)C(=O)OC(=O)C(C)(C)[C@@H]1CCCCN1. The lowest BCUT2D eigenvalue weighted by Gasteiger charge is -2.35. The van der Waals surface area contributed by atoms with Crippen LogP contribution >= 0.6 is 0 Å². The highest BCUT2D eigenvalue weighted by atomic mass is 16.6. The van der Waals surface area contributed by atoms with Crippen LogP contribution in [0.15, 0.2) is 0 Å². The van der Waals surface area contributed by atoms with Crippen LogP contribution in [0.4, 0.5) is 0 Å². The summed E-state index contributed by atoms with van der Waals surface area (Å²) in [7, 11) is 0. The Balaban J connectivity index is 2.66. The van der Waals surface area contributed by atoms with E-state index >= 15 is 0 Å². The van der Waals surface area contributed by atoms with Gasteiger partial charge in [-0.15, -0.1) is 0 Å². The molecule has 1 aliphatic heterocycles. The lowest BCUT2D eigenvalue weighted by molar-refractivity contribution is -0.172. The van der Waals surface area contributed by atoms with Crippen LogP contribution in [0, 0.1) is 10.8 Å². The van der Waals surface area contributed by atoms with Gasteiger partial charge in [-0.25, -0.2) is 0 Å². The zero-order chi connectivity index (χ0) is 14.0. The topological polar surface area (TPSA) is 55.4 Å². The van der Waals surface area contributed by atoms with E-state index in [2.05, 4.69) is 5.32 Å². The number of esters is 2. The van der Waals surface area contributed by atoms with E-state index in [1.807, 2.05) is 13.8 Å². The van der Waals surface area contributed by atoms with Crippen LogP contribution in [-0.2, 0) is 14.3 Å². The summed E-state index contributed by atoms with van der Waals surface area (Å²) in [4.78, 5) is 23.9. The molecular weight excluding hydrogens is 230 g/mol. The Morgan fingerprint density at radius 3 is 2.11 bits per heavy atom. The monoisotopic (exact) mass is 255 g/mol. The van der Waals surface area contributed by atoms with Crippen LogP contribution in [0.3, 0.4) is 0 Å². The lowest BCUT2D eigenvalue weighted by atomic mass is 9.80. The predicted molar refractivity (Wildman–Crippen MR) is 70.0 cm³/mol. The van der Waals surface area contributed by atoms with Gasteiger partial charge < -0.3 is 10.1 Å². The predicted octanol–water partition coefficient (Wildman–Crippen LogP) is 2.27. The first-order valence-electron chi connectivity index (χ1n) is 6.66. The van der Waals surface area contributed by atoms with E-state index < -0.39 is 22.8 Å². The number of nitrogens with one attached hydrogen (secondary N) is 1. The lowest BCUT2D eigenvalue weighted by Crippen LogP contribution is -2.50. The minimum Gasteiger partial charge on any atom is -0.392 e. The molecule has 0 amide bonds. The van der Waals surface area contributed by atoms with Crippen molar-refractivity contribution in [3.8, 4) is 0 Å². The molecule has 1 rings (SSSR count). The van der Waals surface area contributed by atoms with Crippen LogP contribution in [-0.4, -0.2) is 24.5 Å². The molecule has 1 saturated heterocycles. The van der Waals surface area contributed by atoms with Gasteiger partial charge in [0.25, 0.3) is 0 Å². The first-order chi connectivity index (χ1) is 8.15. The molecule has 1 heterocycles. The maximum Gasteiger partial charge on any atom is 0.320 e. The van der Waals surface area contributed by atoms with Gasteiger partial charge in [-0.05, 0) is 54.0 Å². The van der Waals surface area contributed by atoms with Crippen LogP contribution in [0.5, 0.6) is 0 Å². The van der Waals surface area contributed by atoms with Crippen LogP contribution in [0.1, 0.15) is 53.9 Å². The molecule has 0 aromatic carbocycles. The minimum absolute atomic E-state index is 0.0894. The van der Waals surface area contributed by atoms with Gasteiger partial charge in [-0.3, -0.25) is 9.59 Å². The van der Waals surface area contributed by atoms with Crippen molar-refractivity contribution in [2.75, 3.05) is 6.54 Å². The van der Waals surface area contributed by atoms with Gasteiger partial charge in [0.05, 0.1) is 10.8 Å². The fourth-order valence-corrected chi connectivity index (χ4v) is 1.98. The van der Waals surface area contributed by atoms with E-state index in [1.165, 1.54) is 0 Å². The second-order valence-corrected chi connectivity index (χ2v) is 6.65.